The number of carbonyl (C=O) groups is 1. The van der Waals surface area contributed by atoms with Gasteiger partial charge < -0.3 is 10.6 Å². The quantitative estimate of drug-likeness (QED) is 0.795. The third-order valence-corrected chi connectivity index (χ3v) is 4.70. The van der Waals surface area contributed by atoms with Crippen molar-refractivity contribution in [2.24, 2.45) is 5.92 Å². The SMILES string of the molecule is CC(C)NC[C@H]1CC[C@H](NC(=O)c2ccc3[nH]ncc3c2)CC1. The van der Waals surface area contributed by atoms with Crippen LogP contribution in [-0.2, 0) is 0 Å². The first kappa shape index (κ1) is 16.0. The molecule has 124 valence electrons. The number of carbonyl (C=O) groups excluding carboxylic acids is 1. The number of hydrogen-bond acceptors (Lipinski definition) is 3. The van der Waals surface area contributed by atoms with Crippen molar-refractivity contribution in [2.75, 3.05) is 6.54 Å². The molecule has 0 bridgehead atoms. The van der Waals surface area contributed by atoms with E-state index in [0.29, 0.717) is 17.6 Å². The Morgan fingerprint density at radius 3 is 2.83 bits per heavy atom. The second kappa shape index (κ2) is 7.13. The Kier molecular flexibility index (Phi) is 4.96. The van der Waals surface area contributed by atoms with E-state index in [1.807, 2.05) is 18.2 Å². The third kappa shape index (κ3) is 4.10. The molecule has 1 fully saturated rings. The van der Waals surface area contributed by atoms with Crippen LogP contribution in [0.2, 0.25) is 0 Å². The van der Waals surface area contributed by atoms with Crippen molar-refractivity contribution in [1.29, 1.82) is 0 Å². The van der Waals surface area contributed by atoms with Gasteiger partial charge >= 0.3 is 0 Å². The summed E-state index contributed by atoms with van der Waals surface area (Å²) in [6.45, 7) is 5.46. The maximum Gasteiger partial charge on any atom is 0.251 e. The molecule has 5 heteroatoms. The maximum atomic E-state index is 12.4. The largest absolute Gasteiger partial charge is 0.349 e. The minimum Gasteiger partial charge on any atom is -0.349 e. The second-order valence-corrected chi connectivity index (χ2v) is 6.93. The fourth-order valence-corrected chi connectivity index (χ4v) is 3.27. The molecule has 5 nitrogen and oxygen atoms in total. The van der Waals surface area contributed by atoms with Crippen molar-refractivity contribution >= 4 is 16.8 Å². The summed E-state index contributed by atoms with van der Waals surface area (Å²) in [5, 5.41) is 14.6. The van der Waals surface area contributed by atoms with Crippen LogP contribution >= 0.6 is 0 Å². The van der Waals surface area contributed by atoms with Crippen molar-refractivity contribution in [3.63, 3.8) is 0 Å². The van der Waals surface area contributed by atoms with Crippen LogP contribution in [0.1, 0.15) is 49.9 Å². The van der Waals surface area contributed by atoms with Crippen molar-refractivity contribution in [3.8, 4) is 0 Å². The van der Waals surface area contributed by atoms with E-state index < -0.39 is 0 Å². The average Bonchev–Trinajstić information content (AvgIpc) is 3.01. The summed E-state index contributed by atoms with van der Waals surface area (Å²) in [4.78, 5) is 12.4. The fourth-order valence-electron chi connectivity index (χ4n) is 3.27. The summed E-state index contributed by atoms with van der Waals surface area (Å²) in [6, 6.07) is 6.51. The predicted molar refractivity (Wildman–Crippen MR) is 92.4 cm³/mol. The lowest BCUT2D eigenvalue weighted by atomic mass is 9.85. The van der Waals surface area contributed by atoms with E-state index in [2.05, 4.69) is 34.7 Å². The van der Waals surface area contributed by atoms with Crippen LogP contribution in [0.3, 0.4) is 0 Å². The van der Waals surface area contributed by atoms with Crippen molar-refractivity contribution in [1.82, 2.24) is 20.8 Å². The Bertz CT molecular complexity index is 656. The number of rotatable bonds is 5. The molecule has 0 saturated heterocycles. The van der Waals surface area contributed by atoms with Gasteiger partial charge in [-0.05, 0) is 56.3 Å². The van der Waals surface area contributed by atoms with Crippen molar-refractivity contribution in [2.45, 2.75) is 51.6 Å². The molecule has 3 N–H and O–H groups in total. The maximum absolute atomic E-state index is 12.4. The van der Waals surface area contributed by atoms with Crippen molar-refractivity contribution < 1.29 is 4.79 Å². The van der Waals surface area contributed by atoms with E-state index in [-0.39, 0.29) is 5.91 Å². The summed E-state index contributed by atoms with van der Waals surface area (Å²) in [5.41, 5.74) is 1.67. The topological polar surface area (TPSA) is 69.8 Å². The van der Waals surface area contributed by atoms with E-state index >= 15 is 0 Å². The van der Waals surface area contributed by atoms with Gasteiger partial charge in [-0.3, -0.25) is 9.89 Å². The molecule has 0 aliphatic heterocycles. The van der Waals surface area contributed by atoms with Crippen LogP contribution in [0.25, 0.3) is 10.9 Å². The number of aromatic amines is 1. The molecule has 0 spiro atoms. The van der Waals surface area contributed by atoms with Crippen LogP contribution < -0.4 is 10.6 Å². The van der Waals surface area contributed by atoms with E-state index in [1.54, 1.807) is 6.20 Å². The average molecular weight is 314 g/mol. The minimum atomic E-state index is 0.0249. The molecule has 3 rings (SSSR count). The molecule has 0 radical (unpaired) electrons. The summed E-state index contributed by atoms with van der Waals surface area (Å²) >= 11 is 0. The zero-order valence-corrected chi connectivity index (χ0v) is 13.9. The first-order valence-electron chi connectivity index (χ1n) is 8.59. The Hall–Kier alpha value is -1.88. The van der Waals surface area contributed by atoms with E-state index in [9.17, 15) is 4.79 Å². The molecule has 1 aliphatic rings. The summed E-state index contributed by atoms with van der Waals surface area (Å²) in [5.74, 6) is 0.768. The summed E-state index contributed by atoms with van der Waals surface area (Å²) in [7, 11) is 0. The van der Waals surface area contributed by atoms with Crippen LogP contribution in [0.5, 0.6) is 0 Å². The van der Waals surface area contributed by atoms with Crippen molar-refractivity contribution in [3.05, 3.63) is 30.0 Å². The fraction of sp³-hybridized carbons (Fsp3) is 0.556. The second-order valence-electron chi connectivity index (χ2n) is 6.93. The van der Waals surface area contributed by atoms with E-state index in [1.165, 1.54) is 12.8 Å². The Labute approximate surface area is 137 Å². The zero-order chi connectivity index (χ0) is 16.2. The number of aromatic nitrogens is 2. The molecular formula is C18H26N4O. The lowest BCUT2D eigenvalue weighted by Crippen LogP contribution is -2.39. The molecule has 1 aliphatic carbocycles. The number of fused-ring (bicyclic) bond motifs is 1. The first-order chi connectivity index (χ1) is 11.1. The highest BCUT2D eigenvalue weighted by molar-refractivity contribution is 5.97. The van der Waals surface area contributed by atoms with E-state index in [4.69, 9.17) is 0 Å². The highest BCUT2D eigenvalue weighted by Crippen LogP contribution is 2.24. The summed E-state index contributed by atoms with van der Waals surface area (Å²) in [6.07, 6.45) is 6.27. The highest BCUT2D eigenvalue weighted by atomic mass is 16.1. The molecular weight excluding hydrogens is 288 g/mol. The highest BCUT2D eigenvalue weighted by Gasteiger charge is 2.22. The number of nitrogens with one attached hydrogen (secondary N) is 3. The third-order valence-electron chi connectivity index (χ3n) is 4.70. The van der Waals surface area contributed by atoms with Gasteiger partial charge in [0.15, 0.2) is 0 Å². The van der Waals surface area contributed by atoms with Gasteiger partial charge in [0.2, 0.25) is 0 Å². The Morgan fingerprint density at radius 2 is 2.09 bits per heavy atom. The van der Waals surface area contributed by atoms with Gasteiger partial charge in [0.05, 0.1) is 11.7 Å². The minimum absolute atomic E-state index is 0.0249. The van der Waals surface area contributed by atoms with Crippen LogP contribution in [0, 0.1) is 5.92 Å². The molecule has 0 unspecified atom stereocenters. The lowest BCUT2D eigenvalue weighted by Gasteiger charge is -2.29. The number of amides is 1. The van der Waals surface area contributed by atoms with E-state index in [0.717, 1.165) is 36.2 Å². The molecule has 1 aromatic heterocycles. The lowest BCUT2D eigenvalue weighted by molar-refractivity contribution is 0.0922. The smallest absolute Gasteiger partial charge is 0.251 e. The molecule has 1 saturated carbocycles. The molecule has 1 amide bonds. The van der Waals surface area contributed by atoms with Crippen LogP contribution in [0.15, 0.2) is 24.4 Å². The van der Waals surface area contributed by atoms with Gasteiger partial charge in [0.25, 0.3) is 5.91 Å². The van der Waals surface area contributed by atoms with Gasteiger partial charge in [-0.25, -0.2) is 0 Å². The Morgan fingerprint density at radius 1 is 1.30 bits per heavy atom. The molecule has 1 heterocycles. The van der Waals surface area contributed by atoms with Gasteiger partial charge in [0.1, 0.15) is 0 Å². The van der Waals surface area contributed by atoms with Gasteiger partial charge in [-0.2, -0.15) is 5.10 Å². The first-order valence-corrected chi connectivity index (χ1v) is 8.59. The predicted octanol–water partition coefficient (Wildman–Crippen LogP) is 2.85. The molecule has 2 aromatic rings. The van der Waals surface area contributed by atoms with Gasteiger partial charge in [0, 0.05) is 23.0 Å². The molecule has 23 heavy (non-hydrogen) atoms. The summed E-state index contributed by atoms with van der Waals surface area (Å²) < 4.78 is 0. The monoisotopic (exact) mass is 314 g/mol. The van der Waals surface area contributed by atoms with Crippen LogP contribution in [-0.4, -0.2) is 34.7 Å². The number of nitrogens with zero attached hydrogens (tertiary/aromatic N) is 1. The normalized spacial score (nSPS) is 21.7. The number of H-pyrrole nitrogens is 1. The number of hydrogen-bond donors (Lipinski definition) is 3. The molecule has 1 aromatic carbocycles. The standard InChI is InChI=1S/C18H26N4O/c1-12(2)19-10-13-3-6-16(7-4-13)21-18(23)14-5-8-17-15(9-14)11-20-22-17/h5,8-9,11-13,16,19H,3-4,6-7,10H2,1-2H3,(H,20,22)(H,21,23)/t13-,16-. The van der Waals surface area contributed by atoms with Crippen LogP contribution in [0.4, 0.5) is 0 Å². The zero-order valence-electron chi connectivity index (χ0n) is 13.9. The van der Waals surface area contributed by atoms with Gasteiger partial charge in [-0.15, -0.1) is 0 Å². The number of benzene rings is 1. The Balaban J connectivity index is 1.51. The molecule has 0 atom stereocenters. The van der Waals surface area contributed by atoms with Gasteiger partial charge in [-0.1, -0.05) is 13.8 Å².